The van der Waals surface area contributed by atoms with Crippen LogP contribution in [0.5, 0.6) is 0 Å². The highest BCUT2D eigenvalue weighted by atomic mass is 32.1. The van der Waals surface area contributed by atoms with Crippen molar-refractivity contribution in [3.05, 3.63) is 99.4 Å². The van der Waals surface area contributed by atoms with E-state index in [-0.39, 0.29) is 11.0 Å². The molecule has 2 aliphatic carbocycles. The molecule has 2 unspecified atom stereocenters. The molecule has 1 N–H and O–H groups in total. The molecule has 3 aromatic carbocycles. The van der Waals surface area contributed by atoms with Gasteiger partial charge in [-0.05, 0) is 90.9 Å². The summed E-state index contributed by atoms with van der Waals surface area (Å²) in [6.07, 6.45) is 12.5. The highest BCUT2D eigenvalue weighted by Crippen LogP contribution is 2.58. The van der Waals surface area contributed by atoms with Crippen LogP contribution in [-0.4, -0.2) is 32.1 Å². The predicted molar refractivity (Wildman–Crippen MR) is 230 cm³/mol. The number of thiophene rings is 2. The topological polar surface area (TPSA) is 95.0 Å². The second-order valence-corrected chi connectivity index (χ2v) is 18.5. The number of rotatable bonds is 12. The van der Waals surface area contributed by atoms with Crippen LogP contribution in [-0.2, 0) is 16.8 Å². The summed E-state index contributed by atoms with van der Waals surface area (Å²) < 4.78 is 0. The van der Waals surface area contributed by atoms with Gasteiger partial charge in [0.15, 0.2) is 0 Å². The van der Waals surface area contributed by atoms with Crippen molar-refractivity contribution in [2.45, 2.75) is 109 Å². The van der Waals surface area contributed by atoms with Crippen molar-refractivity contribution in [1.82, 2.24) is 15.0 Å². The molecular weight excluding hydrogens is 731 g/mol. The zero-order valence-electron chi connectivity index (χ0n) is 32.6. The summed E-state index contributed by atoms with van der Waals surface area (Å²) in [7, 11) is 0. The van der Waals surface area contributed by atoms with E-state index in [0.29, 0.717) is 12.0 Å². The average molecular weight is 778 g/mol. The Morgan fingerprint density at radius 2 is 1.62 bits per heavy atom. The third kappa shape index (κ3) is 6.18. The molecule has 0 bridgehead atoms. The standard InChI is InChI=1S/C47H47N5O2S2/c1-5-6-7-8-9-10-22-51-49-42-33(29-16-21-40-36(24-29)34-12-11-13-39(34)52(40)31-17-14-28(2)15-18-31)19-20-35(43(42)50-51)41-26-38-45(56-41)44-37(47(38,3)4)25-32(55-44)23-30(27-48)46(53)54/h14-21,23-26,34,39H,5-13,22H2,1-4H3,(H,53,54)/b30-23-. The molecule has 1 aliphatic heterocycles. The molecule has 7 nitrogen and oxygen atoms in total. The van der Waals surface area contributed by atoms with Gasteiger partial charge in [-0.15, -0.1) is 22.7 Å². The molecule has 6 aromatic rings. The van der Waals surface area contributed by atoms with E-state index in [4.69, 9.17) is 10.2 Å². The maximum atomic E-state index is 11.6. The minimum atomic E-state index is -1.21. The first-order chi connectivity index (χ1) is 27.2. The molecule has 9 heteroatoms. The molecule has 0 radical (unpaired) electrons. The lowest BCUT2D eigenvalue weighted by Gasteiger charge is -2.27. The molecule has 0 spiro atoms. The summed E-state index contributed by atoms with van der Waals surface area (Å²) in [4.78, 5) is 20.4. The van der Waals surface area contributed by atoms with Crippen LogP contribution in [0.25, 0.3) is 48.4 Å². The number of nitrogens with zero attached hydrogens (tertiary/aromatic N) is 5. The maximum absolute atomic E-state index is 11.6. The van der Waals surface area contributed by atoms with Gasteiger partial charge in [0.25, 0.3) is 0 Å². The summed E-state index contributed by atoms with van der Waals surface area (Å²) in [5.74, 6) is -0.682. The summed E-state index contributed by atoms with van der Waals surface area (Å²) in [6, 6.07) is 27.3. The zero-order chi connectivity index (χ0) is 38.7. The number of benzene rings is 3. The van der Waals surface area contributed by atoms with Crippen LogP contribution >= 0.6 is 22.7 Å². The van der Waals surface area contributed by atoms with Gasteiger partial charge in [0.1, 0.15) is 22.7 Å². The van der Waals surface area contributed by atoms with Crippen molar-refractivity contribution in [3.8, 4) is 37.4 Å². The Labute approximate surface area is 336 Å². The van der Waals surface area contributed by atoms with Crippen LogP contribution in [0.3, 0.4) is 0 Å². The maximum Gasteiger partial charge on any atom is 0.346 e. The van der Waals surface area contributed by atoms with Gasteiger partial charge >= 0.3 is 5.97 Å². The normalized spacial score (nSPS) is 17.9. The Bertz CT molecular complexity index is 2560. The Morgan fingerprint density at radius 1 is 0.911 bits per heavy atom. The number of hydrogen-bond acceptors (Lipinski definition) is 7. The highest BCUT2D eigenvalue weighted by molar-refractivity contribution is 7.24. The summed E-state index contributed by atoms with van der Waals surface area (Å²) in [5.41, 5.74) is 12.6. The average Bonchev–Trinajstić information content (AvgIpc) is 4.04. The van der Waals surface area contributed by atoms with E-state index in [1.165, 1.54) is 102 Å². The second-order valence-electron chi connectivity index (χ2n) is 16.4. The quantitative estimate of drug-likeness (QED) is 0.0755. The van der Waals surface area contributed by atoms with Gasteiger partial charge < -0.3 is 10.0 Å². The molecule has 3 aromatic heterocycles. The first-order valence-corrected chi connectivity index (χ1v) is 21.8. The molecule has 0 saturated heterocycles. The summed E-state index contributed by atoms with van der Waals surface area (Å²) in [6.45, 7) is 9.67. The van der Waals surface area contributed by atoms with Gasteiger partial charge in [0.05, 0.1) is 6.54 Å². The summed E-state index contributed by atoms with van der Waals surface area (Å²) in [5, 5.41) is 29.4. The van der Waals surface area contributed by atoms with Gasteiger partial charge in [-0.3, -0.25) is 0 Å². The van der Waals surface area contributed by atoms with Gasteiger partial charge in [-0.1, -0.05) is 95.2 Å². The first kappa shape index (κ1) is 36.6. The smallest absolute Gasteiger partial charge is 0.346 e. The number of unbranched alkanes of at least 4 members (excludes halogenated alkanes) is 5. The summed E-state index contributed by atoms with van der Waals surface area (Å²) >= 11 is 3.33. The van der Waals surface area contributed by atoms with Crippen molar-refractivity contribution in [1.29, 1.82) is 5.26 Å². The third-order valence-corrected chi connectivity index (χ3v) is 14.8. The molecule has 1 saturated carbocycles. The number of hydrogen-bond donors (Lipinski definition) is 1. The third-order valence-electron chi connectivity index (χ3n) is 12.4. The number of aryl methyl sites for hydroxylation is 2. The first-order valence-electron chi connectivity index (χ1n) is 20.2. The molecule has 1 fully saturated rings. The fraction of sp³-hybridized carbons (Fsp3) is 0.362. The van der Waals surface area contributed by atoms with Crippen LogP contribution in [0.1, 0.15) is 112 Å². The lowest BCUT2D eigenvalue weighted by atomic mass is 9.83. The van der Waals surface area contributed by atoms with Crippen LogP contribution in [0.4, 0.5) is 11.4 Å². The minimum Gasteiger partial charge on any atom is -0.477 e. The molecular formula is C47H47N5O2S2. The molecule has 3 aliphatic rings. The van der Waals surface area contributed by atoms with E-state index in [9.17, 15) is 15.2 Å². The minimum absolute atomic E-state index is 0.253. The van der Waals surface area contributed by atoms with Crippen LogP contribution in [0.2, 0.25) is 0 Å². The lowest BCUT2D eigenvalue weighted by molar-refractivity contribution is -0.132. The van der Waals surface area contributed by atoms with E-state index < -0.39 is 5.97 Å². The van der Waals surface area contributed by atoms with Crippen molar-refractivity contribution < 1.29 is 9.90 Å². The Hall–Kier alpha value is -5.04. The number of carboxylic acids is 1. The van der Waals surface area contributed by atoms with Crippen molar-refractivity contribution >= 4 is 57.1 Å². The second kappa shape index (κ2) is 14.5. The number of fused-ring (bicyclic) bond motifs is 7. The predicted octanol–water partition coefficient (Wildman–Crippen LogP) is 12.6. The largest absolute Gasteiger partial charge is 0.477 e. The molecule has 284 valence electrons. The fourth-order valence-corrected chi connectivity index (χ4v) is 12.1. The highest BCUT2D eigenvalue weighted by Gasteiger charge is 2.43. The number of anilines is 2. The monoisotopic (exact) mass is 777 g/mol. The number of carbonyl (C=O) groups is 1. The SMILES string of the molecule is CCCCCCCCn1nc2c(-c3ccc4c(c3)C3CCCC3N4c3ccc(C)cc3)ccc(-c3cc4c(s3)-c3sc(/C=C(/C#N)C(=O)O)cc3C4(C)C)c2n1. The van der Waals surface area contributed by atoms with E-state index in [0.717, 1.165) is 49.8 Å². The van der Waals surface area contributed by atoms with E-state index in [1.54, 1.807) is 22.7 Å². The van der Waals surface area contributed by atoms with Gasteiger partial charge in [0, 0.05) is 59.4 Å². The van der Waals surface area contributed by atoms with E-state index in [2.05, 4.69) is 99.3 Å². The Morgan fingerprint density at radius 3 is 2.39 bits per heavy atom. The number of carboxylic acid groups (broad SMARTS) is 1. The Balaban J connectivity index is 1.11. The number of aliphatic carboxylic acids is 1. The molecule has 9 rings (SSSR count). The lowest BCUT2D eigenvalue weighted by Crippen LogP contribution is -2.26. The van der Waals surface area contributed by atoms with E-state index >= 15 is 0 Å². The van der Waals surface area contributed by atoms with Crippen molar-refractivity contribution in [2.24, 2.45) is 0 Å². The molecule has 4 heterocycles. The van der Waals surface area contributed by atoms with Gasteiger partial charge in [-0.25, -0.2) is 4.79 Å². The fourth-order valence-electron chi connectivity index (χ4n) is 9.37. The Kier molecular flexibility index (Phi) is 9.46. The van der Waals surface area contributed by atoms with Gasteiger partial charge in [-0.2, -0.15) is 20.3 Å². The molecule has 56 heavy (non-hydrogen) atoms. The zero-order valence-corrected chi connectivity index (χ0v) is 34.2. The van der Waals surface area contributed by atoms with E-state index in [1.807, 2.05) is 10.9 Å². The van der Waals surface area contributed by atoms with Crippen molar-refractivity contribution in [3.63, 3.8) is 0 Å². The molecule has 2 atom stereocenters. The van der Waals surface area contributed by atoms with Crippen molar-refractivity contribution in [2.75, 3.05) is 4.90 Å². The van der Waals surface area contributed by atoms with Crippen LogP contribution in [0, 0.1) is 18.3 Å². The van der Waals surface area contributed by atoms with Crippen LogP contribution in [0.15, 0.2) is 72.3 Å². The van der Waals surface area contributed by atoms with Gasteiger partial charge in [0.2, 0.25) is 0 Å². The number of aromatic nitrogens is 3. The molecule has 0 amide bonds. The van der Waals surface area contributed by atoms with Crippen LogP contribution < -0.4 is 4.90 Å². The number of nitriles is 1.